The second kappa shape index (κ2) is 9.25. The van der Waals surface area contributed by atoms with E-state index in [1.807, 2.05) is 0 Å². The highest BCUT2D eigenvalue weighted by molar-refractivity contribution is 6.74. The van der Waals surface area contributed by atoms with E-state index < -0.39 is 28.3 Å². The van der Waals surface area contributed by atoms with E-state index in [-0.39, 0.29) is 22.3 Å². The molecule has 172 valence electrons. The van der Waals surface area contributed by atoms with Gasteiger partial charge in [-0.25, -0.2) is 0 Å². The third-order valence-corrected chi connectivity index (χ3v) is 16.4. The molecule has 0 spiro atoms. The summed E-state index contributed by atoms with van der Waals surface area (Å²) in [5, 5.41) is 10.7. The van der Waals surface area contributed by atoms with Crippen molar-refractivity contribution in [3.63, 3.8) is 0 Å². The summed E-state index contributed by atoms with van der Waals surface area (Å²) < 4.78 is 19.5. The lowest BCUT2D eigenvalue weighted by molar-refractivity contribution is -0.0474. The van der Waals surface area contributed by atoms with E-state index in [0.717, 1.165) is 12.8 Å². The van der Waals surface area contributed by atoms with Gasteiger partial charge in [-0.15, -0.1) is 6.58 Å². The third-order valence-electron chi connectivity index (χ3n) is 7.31. The van der Waals surface area contributed by atoms with Crippen molar-refractivity contribution < 1.29 is 18.7 Å². The molecule has 4 nitrogen and oxygen atoms in total. The maximum atomic E-state index is 10.3. The summed E-state index contributed by atoms with van der Waals surface area (Å²) in [4.78, 5) is 0. The second-order valence-electron chi connectivity index (χ2n) is 12.1. The summed E-state index contributed by atoms with van der Waals surface area (Å²) >= 11 is 0. The van der Waals surface area contributed by atoms with Crippen LogP contribution in [0.4, 0.5) is 0 Å². The molecule has 0 amide bonds. The van der Waals surface area contributed by atoms with E-state index in [1.165, 1.54) is 0 Å². The molecule has 0 aromatic heterocycles. The Bertz CT molecular complexity index is 548. The lowest BCUT2D eigenvalue weighted by Crippen LogP contribution is -2.47. The number of rotatable bonds is 9. The van der Waals surface area contributed by atoms with Gasteiger partial charge in [-0.1, -0.05) is 47.6 Å². The fourth-order valence-electron chi connectivity index (χ4n) is 3.29. The average molecular weight is 445 g/mol. The smallest absolute Gasteiger partial charge is 0.192 e. The lowest BCUT2D eigenvalue weighted by Gasteiger charge is -2.42. The maximum Gasteiger partial charge on any atom is 0.192 e. The molecule has 1 aliphatic rings. The molecule has 29 heavy (non-hydrogen) atoms. The van der Waals surface area contributed by atoms with Crippen molar-refractivity contribution in [1.82, 2.24) is 0 Å². The van der Waals surface area contributed by atoms with Crippen LogP contribution in [-0.2, 0) is 13.6 Å². The number of aliphatic hydroxyl groups excluding tert-OH is 1. The van der Waals surface area contributed by atoms with Gasteiger partial charge >= 0.3 is 0 Å². The summed E-state index contributed by atoms with van der Waals surface area (Å²) in [5.41, 5.74) is -0.401. The molecular weight excluding hydrogens is 396 g/mol. The Morgan fingerprint density at radius 3 is 2.03 bits per heavy atom. The van der Waals surface area contributed by atoms with Crippen molar-refractivity contribution in [3.05, 3.63) is 12.7 Å². The Morgan fingerprint density at radius 2 is 1.62 bits per heavy atom. The predicted molar refractivity (Wildman–Crippen MR) is 129 cm³/mol. The molecule has 1 fully saturated rings. The van der Waals surface area contributed by atoms with E-state index in [0.29, 0.717) is 13.0 Å². The Labute approximate surface area is 182 Å². The van der Waals surface area contributed by atoms with E-state index in [4.69, 9.17) is 13.6 Å². The van der Waals surface area contributed by atoms with Crippen LogP contribution in [0.2, 0.25) is 36.3 Å². The van der Waals surface area contributed by atoms with Gasteiger partial charge in [0.2, 0.25) is 0 Å². The average Bonchev–Trinajstić information content (AvgIpc) is 2.78. The molecule has 0 aromatic carbocycles. The topological polar surface area (TPSA) is 47.9 Å². The normalized spacial score (nSPS) is 27.9. The Morgan fingerprint density at radius 1 is 1.10 bits per heavy atom. The van der Waals surface area contributed by atoms with Crippen LogP contribution in [0.25, 0.3) is 0 Å². The van der Waals surface area contributed by atoms with Gasteiger partial charge in [0.05, 0.1) is 11.7 Å². The van der Waals surface area contributed by atoms with Crippen molar-refractivity contribution in [2.45, 2.75) is 128 Å². The minimum atomic E-state index is -1.93. The zero-order valence-electron chi connectivity index (χ0n) is 21.0. The molecule has 6 heteroatoms. The minimum absolute atomic E-state index is 0.0569. The highest BCUT2D eigenvalue weighted by Crippen LogP contribution is 2.41. The van der Waals surface area contributed by atoms with Crippen LogP contribution >= 0.6 is 0 Å². The maximum absolute atomic E-state index is 10.3. The largest absolute Gasteiger partial charge is 0.417 e. The number of hydrogen-bond donors (Lipinski definition) is 1. The van der Waals surface area contributed by atoms with Gasteiger partial charge in [0.15, 0.2) is 16.6 Å². The fraction of sp³-hybridized carbons (Fsp3) is 0.913. The van der Waals surface area contributed by atoms with Crippen LogP contribution in [0, 0.1) is 0 Å². The zero-order chi connectivity index (χ0) is 22.9. The van der Waals surface area contributed by atoms with E-state index >= 15 is 0 Å². The molecule has 0 unspecified atom stereocenters. The van der Waals surface area contributed by atoms with Crippen molar-refractivity contribution in [2.24, 2.45) is 0 Å². The van der Waals surface area contributed by atoms with Gasteiger partial charge in [0, 0.05) is 25.6 Å². The second-order valence-corrected chi connectivity index (χ2v) is 21.7. The summed E-state index contributed by atoms with van der Waals surface area (Å²) in [5.74, 6) is 0. The summed E-state index contributed by atoms with van der Waals surface area (Å²) in [6, 6.07) is 0. The summed E-state index contributed by atoms with van der Waals surface area (Å²) in [6.07, 6.45) is 3.21. The highest BCUT2D eigenvalue weighted by atomic mass is 28.4. The molecule has 4 atom stereocenters. The first kappa shape index (κ1) is 27.0. The Kier molecular flexibility index (Phi) is 8.63. The van der Waals surface area contributed by atoms with Crippen molar-refractivity contribution in [2.75, 3.05) is 6.61 Å². The molecule has 1 saturated heterocycles. The quantitative estimate of drug-likeness (QED) is 0.336. The highest BCUT2D eigenvalue weighted by Gasteiger charge is 2.45. The molecule has 1 heterocycles. The van der Waals surface area contributed by atoms with E-state index in [9.17, 15) is 5.11 Å². The van der Waals surface area contributed by atoms with Gasteiger partial charge in [0.1, 0.15) is 6.10 Å². The van der Waals surface area contributed by atoms with Crippen LogP contribution in [0.15, 0.2) is 12.7 Å². The number of ether oxygens (including phenoxy) is 1. The first-order valence-corrected chi connectivity index (χ1v) is 17.0. The first-order valence-electron chi connectivity index (χ1n) is 11.1. The molecule has 0 aromatic rings. The number of hydrogen-bond acceptors (Lipinski definition) is 4. The van der Waals surface area contributed by atoms with Crippen LogP contribution in [0.3, 0.4) is 0 Å². The van der Waals surface area contributed by atoms with Crippen LogP contribution < -0.4 is 0 Å². The molecule has 1 N–H and O–H groups in total. The molecule has 1 rings (SSSR count). The Hall–Kier alpha value is 0.0138. The van der Waals surface area contributed by atoms with Gasteiger partial charge in [-0.05, 0) is 49.6 Å². The zero-order valence-corrected chi connectivity index (χ0v) is 23.0. The van der Waals surface area contributed by atoms with E-state index in [2.05, 4.69) is 81.2 Å². The van der Waals surface area contributed by atoms with Crippen molar-refractivity contribution >= 4 is 16.6 Å². The predicted octanol–water partition coefficient (Wildman–Crippen LogP) is 6.27. The fourth-order valence-corrected chi connectivity index (χ4v) is 5.74. The molecule has 0 saturated carbocycles. The monoisotopic (exact) mass is 444 g/mol. The van der Waals surface area contributed by atoms with Crippen molar-refractivity contribution in [3.8, 4) is 0 Å². The molecule has 0 aliphatic carbocycles. The van der Waals surface area contributed by atoms with E-state index in [1.54, 1.807) is 6.08 Å². The molecule has 1 aliphatic heterocycles. The van der Waals surface area contributed by atoms with Crippen LogP contribution in [0.5, 0.6) is 0 Å². The number of aliphatic hydroxyl groups is 1. The van der Waals surface area contributed by atoms with Gasteiger partial charge in [0.25, 0.3) is 0 Å². The summed E-state index contributed by atoms with van der Waals surface area (Å²) in [7, 11) is -3.72. The third kappa shape index (κ3) is 7.28. The minimum Gasteiger partial charge on any atom is -0.417 e. The molecular formula is C23H48O4Si2. The van der Waals surface area contributed by atoms with Gasteiger partial charge < -0.3 is 18.7 Å². The van der Waals surface area contributed by atoms with Crippen molar-refractivity contribution in [1.29, 1.82) is 0 Å². The first-order chi connectivity index (χ1) is 12.8. The lowest BCUT2D eigenvalue weighted by atomic mass is 9.92. The Balaban J connectivity index is 2.91. The summed E-state index contributed by atoms with van der Waals surface area (Å²) in [6.45, 7) is 29.4. The molecule has 0 bridgehead atoms. The van der Waals surface area contributed by atoms with Gasteiger partial charge in [-0.2, -0.15) is 0 Å². The standard InChI is InChI=1S/C23H48O4Si2/c1-13-20-19(24)17-23(8,26-20)16-18(27-29(11,12)22(5,6)7)14-15-25-28(9,10)21(2,3)4/h13,18-20,24H,1,14-17H2,2-12H3/t18-,19+,20-,23+/m1/s1. The molecule has 0 radical (unpaired) electrons. The van der Waals surface area contributed by atoms with Crippen LogP contribution in [-0.4, -0.2) is 52.3 Å². The SMILES string of the molecule is C=C[C@H]1O[C@@](C)(C[C@@H](CCO[Si](C)(C)C(C)(C)C)O[Si](C)(C)C(C)(C)C)C[C@@H]1O. The van der Waals surface area contributed by atoms with Crippen LogP contribution in [0.1, 0.15) is 67.7 Å². The van der Waals surface area contributed by atoms with Gasteiger partial charge in [-0.3, -0.25) is 0 Å².